The van der Waals surface area contributed by atoms with Gasteiger partial charge in [0.25, 0.3) is 10.1 Å². The average Bonchev–Trinajstić information content (AvgIpc) is 2.24. The zero-order valence-corrected chi connectivity index (χ0v) is 16.7. The van der Waals surface area contributed by atoms with Gasteiger partial charge in [-0.15, -0.1) is 5.75 Å². The van der Waals surface area contributed by atoms with Crippen LogP contribution in [0.15, 0.2) is 40.1 Å². The monoisotopic (exact) mass is 348 g/mol. The fourth-order valence-electron chi connectivity index (χ4n) is 1.71. The molecule has 2 aromatic rings. The van der Waals surface area contributed by atoms with E-state index in [1.165, 1.54) is 12.1 Å². The molecular weight excluding hydrogens is 342 g/mol. The van der Waals surface area contributed by atoms with E-state index in [9.17, 15) is 26.5 Å². The van der Waals surface area contributed by atoms with E-state index in [1.807, 2.05) is 0 Å². The van der Waals surface area contributed by atoms with E-state index < -0.39 is 35.8 Å². The predicted octanol–water partition coefficient (Wildman–Crippen LogP) is -5.93. The third-order valence-corrected chi connectivity index (χ3v) is 4.40. The van der Waals surface area contributed by atoms with E-state index in [0.29, 0.717) is 0 Å². The molecule has 11 heteroatoms. The topological polar surface area (TPSA) is 135 Å². The fraction of sp³-hybridized carbons (Fsp3) is 0. The van der Waals surface area contributed by atoms with E-state index in [1.54, 1.807) is 0 Å². The third kappa shape index (κ3) is 4.64. The summed E-state index contributed by atoms with van der Waals surface area (Å²) in [4.78, 5) is -2.16. The summed E-state index contributed by atoms with van der Waals surface area (Å²) in [5.41, 5.74) is 0. The molecule has 0 atom stereocenters. The summed E-state index contributed by atoms with van der Waals surface area (Å²) in [5, 5.41) is 11.1. The van der Waals surface area contributed by atoms with Crippen molar-refractivity contribution >= 4 is 31.0 Å². The van der Waals surface area contributed by atoms with Crippen molar-refractivity contribution in [1.82, 2.24) is 0 Å². The number of hydrogen-bond donors (Lipinski definition) is 1. The molecule has 0 aliphatic rings. The standard InChI is InChI=1S/C10H8O7S2.2Na/c11-7-3-1-6-2-4-9(18(12,13)14)10(8(6)5-7)19(15,16)17;;/h1-5,11H,(H,12,13,14)(H,15,16,17);;/q;2*+1/p-2. The number of fused-ring (bicyclic) bond motifs is 1. The van der Waals surface area contributed by atoms with Crippen LogP contribution in [0, 0.1) is 0 Å². The Labute approximate surface area is 165 Å². The summed E-state index contributed by atoms with van der Waals surface area (Å²) in [6.07, 6.45) is 0. The van der Waals surface area contributed by atoms with Gasteiger partial charge in [0.05, 0.1) is 4.90 Å². The SMILES string of the molecule is O=S(=O)([O-])c1ccc2ccc([O-])cc2c1S(=O)(=O)O.[Na+].[Na+]. The van der Waals surface area contributed by atoms with Gasteiger partial charge < -0.3 is 9.66 Å². The van der Waals surface area contributed by atoms with Crippen molar-refractivity contribution in [2.45, 2.75) is 9.79 Å². The first-order chi connectivity index (χ1) is 8.60. The zero-order valence-electron chi connectivity index (χ0n) is 11.1. The minimum Gasteiger partial charge on any atom is -0.872 e. The van der Waals surface area contributed by atoms with Gasteiger partial charge in [-0.25, -0.2) is 8.42 Å². The molecule has 0 saturated heterocycles. The largest absolute Gasteiger partial charge is 1.00 e. The first kappa shape index (κ1) is 21.3. The summed E-state index contributed by atoms with van der Waals surface area (Å²) in [7, 11) is -10.1. The quantitative estimate of drug-likeness (QED) is 0.422. The normalized spacial score (nSPS) is 11.5. The van der Waals surface area contributed by atoms with Gasteiger partial charge in [-0.1, -0.05) is 24.3 Å². The summed E-state index contributed by atoms with van der Waals surface area (Å²) in [6, 6.07) is 5.19. The minimum atomic E-state index is -5.11. The smallest absolute Gasteiger partial charge is 0.872 e. The second-order valence-corrected chi connectivity index (χ2v) is 6.41. The van der Waals surface area contributed by atoms with Crippen molar-refractivity contribution in [3.05, 3.63) is 30.3 Å². The van der Waals surface area contributed by atoms with Crippen LogP contribution in [0.2, 0.25) is 0 Å². The van der Waals surface area contributed by atoms with Crippen LogP contribution in [-0.2, 0) is 20.2 Å². The molecule has 0 aliphatic heterocycles. The van der Waals surface area contributed by atoms with Crippen LogP contribution in [-0.4, -0.2) is 25.9 Å². The molecule has 1 N–H and O–H groups in total. The molecule has 2 aromatic carbocycles. The van der Waals surface area contributed by atoms with E-state index >= 15 is 0 Å². The van der Waals surface area contributed by atoms with Crippen molar-refractivity contribution in [2.75, 3.05) is 0 Å². The molecule has 0 fully saturated rings. The Morgan fingerprint density at radius 1 is 0.952 bits per heavy atom. The molecule has 0 heterocycles. The zero-order chi connectivity index (χ0) is 14.4. The van der Waals surface area contributed by atoms with Crippen LogP contribution >= 0.6 is 0 Å². The van der Waals surface area contributed by atoms with E-state index in [4.69, 9.17) is 4.55 Å². The minimum absolute atomic E-state index is 0. The van der Waals surface area contributed by atoms with Crippen molar-refractivity contribution < 1.29 is 90.2 Å². The van der Waals surface area contributed by atoms with Gasteiger partial charge in [-0.2, -0.15) is 8.42 Å². The van der Waals surface area contributed by atoms with Crippen LogP contribution in [0.4, 0.5) is 0 Å². The first-order valence-electron chi connectivity index (χ1n) is 4.78. The van der Waals surface area contributed by atoms with Crippen LogP contribution < -0.4 is 64.2 Å². The Kier molecular flexibility index (Phi) is 7.37. The summed E-state index contributed by atoms with van der Waals surface area (Å²) in [6.45, 7) is 0. The van der Waals surface area contributed by atoms with Crippen molar-refractivity contribution in [1.29, 1.82) is 0 Å². The van der Waals surface area contributed by atoms with E-state index in [2.05, 4.69) is 0 Å². The fourth-order valence-corrected chi connectivity index (χ4v) is 3.68. The van der Waals surface area contributed by atoms with Crippen LogP contribution in [0.5, 0.6) is 5.75 Å². The van der Waals surface area contributed by atoms with Gasteiger partial charge in [0.15, 0.2) is 0 Å². The molecule has 0 bridgehead atoms. The molecule has 0 aromatic heterocycles. The van der Waals surface area contributed by atoms with Crippen LogP contribution in [0.1, 0.15) is 0 Å². The van der Waals surface area contributed by atoms with E-state index in [-0.39, 0.29) is 69.9 Å². The Hall–Kier alpha value is 0.320. The molecule has 2 rings (SSSR count). The van der Waals surface area contributed by atoms with Crippen molar-refractivity contribution in [3.8, 4) is 5.75 Å². The first-order valence-corrected chi connectivity index (χ1v) is 7.63. The van der Waals surface area contributed by atoms with Gasteiger partial charge in [0.2, 0.25) is 0 Å². The second-order valence-electron chi connectivity index (χ2n) is 3.70. The van der Waals surface area contributed by atoms with E-state index in [0.717, 1.165) is 18.2 Å². The van der Waals surface area contributed by atoms with Gasteiger partial charge in [-0.3, -0.25) is 4.55 Å². The van der Waals surface area contributed by atoms with Crippen molar-refractivity contribution in [3.63, 3.8) is 0 Å². The summed E-state index contributed by atoms with van der Waals surface area (Å²) in [5.74, 6) is -0.585. The molecule has 7 nitrogen and oxygen atoms in total. The molecule has 0 aliphatic carbocycles. The maximum atomic E-state index is 11.3. The van der Waals surface area contributed by atoms with Gasteiger partial charge in [0.1, 0.15) is 15.0 Å². The number of benzene rings is 2. The summed E-state index contributed by atoms with van der Waals surface area (Å²) >= 11 is 0. The molecule has 21 heavy (non-hydrogen) atoms. The molecule has 0 radical (unpaired) electrons. The molecule has 0 amide bonds. The molecular formula is C10H6Na2O7S2. The predicted molar refractivity (Wildman–Crippen MR) is 61.2 cm³/mol. The van der Waals surface area contributed by atoms with Crippen LogP contribution in [0.25, 0.3) is 10.8 Å². The number of rotatable bonds is 2. The van der Waals surface area contributed by atoms with Gasteiger partial charge >= 0.3 is 59.1 Å². The Bertz CT molecular complexity index is 876. The third-order valence-electron chi connectivity index (χ3n) is 2.43. The maximum Gasteiger partial charge on any atom is 1.00 e. The summed E-state index contributed by atoms with van der Waals surface area (Å²) < 4.78 is 64.7. The Balaban J connectivity index is 0.00000200. The molecule has 0 unspecified atom stereocenters. The Morgan fingerprint density at radius 3 is 1.95 bits per heavy atom. The van der Waals surface area contributed by atoms with Gasteiger partial charge in [0, 0.05) is 5.39 Å². The maximum absolute atomic E-state index is 11.3. The average molecular weight is 348 g/mol. The van der Waals surface area contributed by atoms with Gasteiger partial charge in [-0.05, 0) is 11.5 Å². The Morgan fingerprint density at radius 2 is 1.48 bits per heavy atom. The van der Waals surface area contributed by atoms with Crippen molar-refractivity contribution in [2.24, 2.45) is 0 Å². The second kappa shape index (κ2) is 7.26. The molecule has 0 saturated carbocycles. The van der Waals surface area contributed by atoms with Crippen LogP contribution in [0.3, 0.4) is 0 Å². The molecule has 102 valence electrons. The molecule has 0 spiro atoms. The number of hydrogen-bond acceptors (Lipinski definition) is 6.